The predicted molar refractivity (Wildman–Crippen MR) is 99.8 cm³/mol. The minimum absolute atomic E-state index is 0.0628. The van der Waals surface area contributed by atoms with Crippen molar-refractivity contribution in [3.63, 3.8) is 0 Å². The maximum absolute atomic E-state index is 14.4. The molecule has 0 saturated heterocycles. The molecule has 0 fully saturated rings. The first-order chi connectivity index (χ1) is 13.5. The van der Waals surface area contributed by atoms with E-state index in [0.29, 0.717) is 17.1 Å². The van der Waals surface area contributed by atoms with Crippen LogP contribution in [0.15, 0.2) is 48.7 Å². The Bertz CT molecular complexity index is 1080. The third kappa shape index (κ3) is 3.13. The van der Waals surface area contributed by atoms with Crippen LogP contribution in [0.5, 0.6) is 0 Å². The molecule has 142 valence electrons. The predicted octanol–water partition coefficient (Wildman–Crippen LogP) is 3.62. The molecule has 1 amide bonds. The molecule has 4 rings (SSSR count). The molecule has 0 spiro atoms. The second-order valence-corrected chi connectivity index (χ2v) is 7.19. The van der Waals surface area contributed by atoms with E-state index in [4.69, 9.17) is 5.11 Å². The summed E-state index contributed by atoms with van der Waals surface area (Å²) in [6.07, 6.45) is 1.49. The number of anilines is 1. The van der Waals surface area contributed by atoms with Crippen LogP contribution in [0.3, 0.4) is 0 Å². The lowest BCUT2D eigenvalue weighted by Crippen LogP contribution is -2.15. The number of rotatable bonds is 3. The molecule has 0 unspecified atom stereocenters. The fraction of sp³-hybridized carbons (Fsp3) is 0.105. The first-order valence-electron chi connectivity index (χ1n) is 8.22. The summed E-state index contributed by atoms with van der Waals surface area (Å²) in [4.78, 5) is 23.2. The summed E-state index contributed by atoms with van der Waals surface area (Å²) in [6, 6.07) is 9.89. The average molecular weight is 401 g/mol. The van der Waals surface area contributed by atoms with E-state index in [0.717, 1.165) is 6.07 Å². The molecule has 2 N–H and O–H groups in total. The zero-order valence-corrected chi connectivity index (χ0v) is 15.0. The first-order valence-corrected chi connectivity index (χ1v) is 9.27. The highest BCUT2D eigenvalue weighted by atomic mass is 32.2. The van der Waals surface area contributed by atoms with Gasteiger partial charge in [0.2, 0.25) is 5.91 Å². The normalized spacial score (nSPS) is 16.2. The topological polar surface area (TPSA) is 84.2 Å². The molecule has 6 nitrogen and oxygen atoms in total. The average Bonchev–Trinajstić information content (AvgIpc) is 3.01. The van der Waals surface area contributed by atoms with Crippen molar-refractivity contribution in [1.82, 2.24) is 9.78 Å². The highest BCUT2D eigenvalue weighted by Gasteiger charge is 2.30. The van der Waals surface area contributed by atoms with Gasteiger partial charge in [0.15, 0.2) is 11.6 Å². The number of carboxylic acid groups (broad SMARTS) is 1. The van der Waals surface area contributed by atoms with E-state index in [-0.39, 0.29) is 22.8 Å². The molecule has 28 heavy (non-hydrogen) atoms. The molecule has 0 radical (unpaired) electrons. The summed E-state index contributed by atoms with van der Waals surface area (Å²) in [7, 11) is 0. The molecule has 1 atom stereocenters. The van der Waals surface area contributed by atoms with Crippen LogP contribution < -0.4 is 5.32 Å². The van der Waals surface area contributed by atoms with E-state index in [2.05, 4.69) is 10.4 Å². The van der Waals surface area contributed by atoms with Gasteiger partial charge in [0.05, 0.1) is 28.5 Å². The van der Waals surface area contributed by atoms with Crippen LogP contribution in [-0.4, -0.2) is 32.5 Å². The molecule has 1 aromatic heterocycles. The Morgan fingerprint density at radius 3 is 2.64 bits per heavy atom. The lowest BCUT2D eigenvalue weighted by atomic mass is 10.1. The summed E-state index contributed by atoms with van der Waals surface area (Å²) in [5, 5.41) is 15.4. The fourth-order valence-corrected chi connectivity index (χ4v) is 4.12. The van der Waals surface area contributed by atoms with Crippen molar-refractivity contribution in [1.29, 1.82) is 0 Å². The quantitative estimate of drug-likeness (QED) is 0.700. The van der Waals surface area contributed by atoms with Crippen LogP contribution in [-0.2, 0) is 4.79 Å². The lowest BCUT2D eigenvalue weighted by Gasteiger charge is -2.15. The monoisotopic (exact) mass is 401 g/mol. The molecule has 3 aromatic rings. The highest BCUT2D eigenvalue weighted by molar-refractivity contribution is 8.00. The summed E-state index contributed by atoms with van der Waals surface area (Å²) in [5.74, 6) is -2.87. The largest absolute Gasteiger partial charge is 0.478 e. The highest BCUT2D eigenvalue weighted by Crippen LogP contribution is 2.43. The Labute approximate surface area is 162 Å². The number of nitrogens with zero attached hydrogens (tertiary/aromatic N) is 2. The van der Waals surface area contributed by atoms with Gasteiger partial charge in [-0.15, -0.1) is 11.8 Å². The van der Waals surface area contributed by atoms with Crippen molar-refractivity contribution in [2.75, 3.05) is 11.1 Å². The molecule has 1 aliphatic rings. The van der Waals surface area contributed by atoms with Gasteiger partial charge >= 0.3 is 5.97 Å². The van der Waals surface area contributed by atoms with E-state index < -0.39 is 22.9 Å². The standard InChI is InChI=1S/C19H13F2N3O3S/c20-14-3-1-2-12(16(14)21)17-13-8-22-24(18(13)23-15(25)9-28-17)11-6-4-10(5-7-11)19(26)27/h1-8,17H,9H2,(H,23,25)(H,26,27)/t17-/m1/s1. The number of carbonyl (C=O) groups excluding carboxylic acids is 1. The van der Waals surface area contributed by atoms with E-state index in [9.17, 15) is 18.4 Å². The molecule has 2 heterocycles. The van der Waals surface area contributed by atoms with Crippen LogP contribution in [0.1, 0.15) is 26.7 Å². The zero-order chi connectivity index (χ0) is 19.8. The van der Waals surface area contributed by atoms with Crippen molar-refractivity contribution in [3.8, 4) is 5.69 Å². The zero-order valence-electron chi connectivity index (χ0n) is 14.2. The SMILES string of the molecule is O=C1CS[C@H](c2cccc(F)c2F)c2cnn(-c3ccc(C(=O)O)cc3)c2N1. The molecule has 9 heteroatoms. The number of benzene rings is 2. The van der Waals surface area contributed by atoms with Crippen molar-refractivity contribution in [3.05, 3.63) is 77.0 Å². The molecule has 1 aliphatic heterocycles. The van der Waals surface area contributed by atoms with Gasteiger partial charge in [-0.1, -0.05) is 12.1 Å². The minimum Gasteiger partial charge on any atom is -0.478 e. The van der Waals surface area contributed by atoms with Gasteiger partial charge in [-0.3, -0.25) is 4.79 Å². The number of carboxylic acids is 1. The molecular formula is C19H13F2N3O3S. The van der Waals surface area contributed by atoms with Crippen LogP contribution in [0.25, 0.3) is 5.69 Å². The van der Waals surface area contributed by atoms with E-state index in [1.807, 2.05) is 0 Å². The van der Waals surface area contributed by atoms with Crippen molar-refractivity contribution >= 4 is 29.5 Å². The Balaban J connectivity index is 1.82. The number of carbonyl (C=O) groups is 2. The van der Waals surface area contributed by atoms with Crippen LogP contribution in [0.2, 0.25) is 0 Å². The number of aromatic carboxylic acids is 1. The van der Waals surface area contributed by atoms with Crippen molar-refractivity contribution < 1.29 is 23.5 Å². The molecular weight excluding hydrogens is 388 g/mol. The smallest absolute Gasteiger partial charge is 0.335 e. The third-order valence-electron chi connectivity index (χ3n) is 4.34. The van der Waals surface area contributed by atoms with Gasteiger partial charge < -0.3 is 10.4 Å². The van der Waals surface area contributed by atoms with E-state index in [1.54, 1.807) is 12.1 Å². The third-order valence-corrected chi connectivity index (χ3v) is 5.61. The molecule has 0 saturated carbocycles. The van der Waals surface area contributed by atoms with E-state index >= 15 is 0 Å². The number of hydrogen-bond acceptors (Lipinski definition) is 4. The van der Waals surface area contributed by atoms with Gasteiger partial charge in [0, 0.05) is 11.1 Å². The Morgan fingerprint density at radius 2 is 1.93 bits per heavy atom. The van der Waals surface area contributed by atoms with Gasteiger partial charge in [-0.05, 0) is 30.3 Å². The number of thioether (sulfide) groups is 1. The van der Waals surface area contributed by atoms with Gasteiger partial charge in [0.1, 0.15) is 5.82 Å². The molecule has 0 aliphatic carbocycles. The van der Waals surface area contributed by atoms with Gasteiger partial charge in [0.25, 0.3) is 0 Å². The van der Waals surface area contributed by atoms with Gasteiger partial charge in [-0.25, -0.2) is 18.3 Å². The van der Waals surface area contributed by atoms with Crippen LogP contribution in [0.4, 0.5) is 14.6 Å². The molecule has 0 bridgehead atoms. The summed E-state index contributed by atoms with van der Waals surface area (Å²) >= 11 is 1.18. The number of amides is 1. The minimum atomic E-state index is -1.06. The number of aromatic nitrogens is 2. The second-order valence-electron chi connectivity index (χ2n) is 6.09. The Morgan fingerprint density at radius 1 is 1.18 bits per heavy atom. The number of hydrogen-bond donors (Lipinski definition) is 2. The summed E-state index contributed by atoms with van der Waals surface area (Å²) in [6.45, 7) is 0. The van der Waals surface area contributed by atoms with Crippen LogP contribution >= 0.6 is 11.8 Å². The Hall–Kier alpha value is -3.20. The molecule has 2 aromatic carbocycles. The van der Waals surface area contributed by atoms with Gasteiger partial charge in [-0.2, -0.15) is 5.10 Å². The number of fused-ring (bicyclic) bond motifs is 1. The fourth-order valence-electron chi connectivity index (χ4n) is 3.02. The first kappa shape index (κ1) is 18.2. The van der Waals surface area contributed by atoms with Crippen molar-refractivity contribution in [2.24, 2.45) is 0 Å². The summed E-state index contributed by atoms with van der Waals surface area (Å²) < 4.78 is 29.5. The lowest BCUT2D eigenvalue weighted by molar-refractivity contribution is -0.113. The maximum atomic E-state index is 14.4. The maximum Gasteiger partial charge on any atom is 0.335 e. The van der Waals surface area contributed by atoms with Crippen LogP contribution in [0, 0.1) is 11.6 Å². The Kier molecular flexibility index (Phi) is 4.60. The summed E-state index contributed by atoms with van der Waals surface area (Å²) in [5.41, 5.74) is 1.30. The number of nitrogens with one attached hydrogen (secondary N) is 1. The second kappa shape index (κ2) is 7.08. The van der Waals surface area contributed by atoms with Crippen molar-refractivity contribution in [2.45, 2.75) is 5.25 Å². The number of halogens is 2. The van der Waals surface area contributed by atoms with E-state index in [1.165, 1.54) is 46.9 Å².